The SMILES string of the molecule is CCNC(=NCC(C)(C)S(C)(=O)=O)NCCCOCc1ccco1.I. The highest BCUT2D eigenvalue weighted by Gasteiger charge is 2.29. The first-order valence-corrected chi connectivity index (χ1v) is 9.97. The van der Waals surface area contributed by atoms with Crippen LogP contribution in [0, 0.1) is 0 Å². The predicted molar refractivity (Wildman–Crippen MR) is 111 cm³/mol. The van der Waals surface area contributed by atoms with Crippen molar-refractivity contribution < 1.29 is 17.6 Å². The number of rotatable bonds is 10. The number of ether oxygens (including phenoxy) is 1. The molecule has 0 spiro atoms. The molecule has 0 bridgehead atoms. The van der Waals surface area contributed by atoms with Crippen LogP contribution in [0.4, 0.5) is 0 Å². The molecule has 0 aliphatic carbocycles. The molecule has 146 valence electrons. The van der Waals surface area contributed by atoms with Crippen LogP contribution in [0.25, 0.3) is 0 Å². The van der Waals surface area contributed by atoms with E-state index in [2.05, 4.69) is 15.6 Å². The fraction of sp³-hybridized carbons (Fsp3) is 0.688. The van der Waals surface area contributed by atoms with E-state index in [1.807, 2.05) is 19.1 Å². The van der Waals surface area contributed by atoms with Crippen LogP contribution in [0.5, 0.6) is 0 Å². The summed E-state index contributed by atoms with van der Waals surface area (Å²) in [7, 11) is -3.16. The first kappa shape index (κ1) is 24.2. The van der Waals surface area contributed by atoms with E-state index in [1.165, 1.54) is 6.26 Å². The molecule has 1 heterocycles. The van der Waals surface area contributed by atoms with E-state index in [4.69, 9.17) is 9.15 Å². The van der Waals surface area contributed by atoms with Gasteiger partial charge in [-0.05, 0) is 39.3 Å². The van der Waals surface area contributed by atoms with E-state index >= 15 is 0 Å². The van der Waals surface area contributed by atoms with Crippen molar-refractivity contribution in [2.24, 2.45) is 4.99 Å². The maximum absolute atomic E-state index is 11.7. The molecule has 2 N–H and O–H groups in total. The van der Waals surface area contributed by atoms with Crippen molar-refractivity contribution in [2.45, 2.75) is 38.5 Å². The fourth-order valence-electron chi connectivity index (χ4n) is 1.68. The van der Waals surface area contributed by atoms with Gasteiger partial charge in [0.15, 0.2) is 15.8 Å². The molecule has 0 aromatic carbocycles. The molecule has 9 heteroatoms. The van der Waals surface area contributed by atoms with E-state index in [9.17, 15) is 8.42 Å². The summed E-state index contributed by atoms with van der Waals surface area (Å²) in [6.07, 6.45) is 3.66. The van der Waals surface area contributed by atoms with E-state index in [0.29, 0.717) is 32.3 Å². The van der Waals surface area contributed by atoms with Gasteiger partial charge >= 0.3 is 0 Å². The van der Waals surface area contributed by atoms with Gasteiger partial charge < -0.3 is 19.8 Å². The van der Waals surface area contributed by atoms with Crippen LogP contribution >= 0.6 is 24.0 Å². The maximum Gasteiger partial charge on any atom is 0.191 e. The predicted octanol–water partition coefficient (Wildman–Crippen LogP) is 2.18. The van der Waals surface area contributed by atoms with Crippen molar-refractivity contribution in [3.8, 4) is 0 Å². The standard InChI is InChI=1S/C16H29N3O4S.HI/c1-5-17-15(19-13-16(2,3)24(4,20)21)18-9-7-10-22-12-14-8-6-11-23-14;/h6,8,11H,5,7,9-10,12-13H2,1-4H3,(H2,17,18,19);1H. The Hall–Kier alpha value is -0.810. The van der Waals surface area contributed by atoms with Gasteiger partial charge in [0.2, 0.25) is 0 Å². The van der Waals surface area contributed by atoms with Crippen LogP contribution in [-0.2, 0) is 21.2 Å². The number of aliphatic imine (C=N–C) groups is 1. The summed E-state index contributed by atoms with van der Waals surface area (Å²) in [5.41, 5.74) is 0. The summed E-state index contributed by atoms with van der Waals surface area (Å²) in [5.74, 6) is 1.42. The van der Waals surface area contributed by atoms with Gasteiger partial charge in [0.05, 0.1) is 17.6 Å². The van der Waals surface area contributed by atoms with E-state index in [-0.39, 0.29) is 30.5 Å². The molecule has 0 aliphatic heterocycles. The second-order valence-electron chi connectivity index (χ2n) is 6.14. The monoisotopic (exact) mass is 487 g/mol. The highest BCUT2D eigenvalue weighted by atomic mass is 127. The molecular formula is C16H30IN3O4S. The van der Waals surface area contributed by atoms with Crippen molar-refractivity contribution in [1.82, 2.24) is 10.6 Å². The number of furan rings is 1. The van der Waals surface area contributed by atoms with E-state index < -0.39 is 14.6 Å². The van der Waals surface area contributed by atoms with Crippen LogP contribution in [0.3, 0.4) is 0 Å². The average molecular weight is 487 g/mol. The lowest BCUT2D eigenvalue weighted by molar-refractivity contribution is 0.105. The zero-order valence-electron chi connectivity index (χ0n) is 15.4. The molecule has 0 aliphatic rings. The normalized spacial score (nSPS) is 12.6. The second kappa shape index (κ2) is 11.7. The minimum atomic E-state index is -3.16. The first-order valence-electron chi connectivity index (χ1n) is 8.08. The average Bonchev–Trinajstić information content (AvgIpc) is 3.00. The summed E-state index contributed by atoms with van der Waals surface area (Å²) in [6, 6.07) is 3.70. The van der Waals surface area contributed by atoms with Gasteiger partial charge in [-0.2, -0.15) is 0 Å². The number of hydrogen-bond acceptors (Lipinski definition) is 5. The Kier molecular flexibility index (Phi) is 11.4. The summed E-state index contributed by atoms with van der Waals surface area (Å²) in [5, 5.41) is 6.29. The van der Waals surface area contributed by atoms with Gasteiger partial charge in [0.25, 0.3) is 0 Å². The minimum Gasteiger partial charge on any atom is -0.467 e. The Morgan fingerprint density at radius 2 is 2.08 bits per heavy atom. The van der Waals surface area contributed by atoms with Crippen molar-refractivity contribution in [3.05, 3.63) is 24.2 Å². The number of guanidine groups is 1. The fourth-order valence-corrected chi connectivity index (χ4v) is 1.98. The van der Waals surface area contributed by atoms with Crippen molar-refractivity contribution in [1.29, 1.82) is 0 Å². The lowest BCUT2D eigenvalue weighted by Gasteiger charge is -2.21. The maximum atomic E-state index is 11.7. The molecule has 0 saturated carbocycles. The Bertz CT molecular complexity index is 601. The van der Waals surface area contributed by atoms with Crippen molar-refractivity contribution in [3.63, 3.8) is 0 Å². The smallest absolute Gasteiger partial charge is 0.191 e. The molecule has 0 fully saturated rings. The molecule has 7 nitrogen and oxygen atoms in total. The molecule has 25 heavy (non-hydrogen) atoms. The third-order valence-corrected chi connectivity index (χ3v) is 5.68. The molecule has 0 saturated heterocycles. The lowest BCUT2D eigenvalue weighted by Crippen LogP contribution is -2.41. The third-order valence-electron chi connectivity index (χ3n) is 3.55. The molecule has 0 atom stereocenters. The summed E-state index contributed by atoms with van der Waals surface area (Å²) < 4.78 is 33.2. The summed E-state index contributed by atoms with van der Waals surface area (Å²) in [4.78, 5) is 4.37. The van der Waals surface area contributed by atoms with Crippen LogP contribution in [0.15, 0.2) is 27.8 Å². The number of halogens is 1. The Morgan fingerprint density at radius 3 is 2.64 bits per heavy atom. The van der Waals surface area contributed by atoms with Crippen molar-refractivity contribution >= 4 is 39.8 Å². The van der Waals surface area contributed by atoms with Gasteiger partial charge in [-0.15, -0.1) is 24.0 Å². The van der Waals surface area contributed by atoms with Gasteiger partial charge in [-0.1, -0.05) is 0 Å². The molecule has 1 aromatic heterocycles. The molecule has 0 radical (unpaired) electrons. The lowest BCUT2D eigenvalue weighted by atomic mass is 10.2. The topological polar surface area (TPSA) is 92.9 Å². The Morgan fingerprint density at radius 1 is 1.36 bits per heavy atom. The number of sulfone groups is 1. The Labute approximate surface area is 167 Å². The van der Waals surface area contributed by atoms with Crippen LogP contribution in [0.1, 0.15) is 33.0 Å². The highest BCUT2D eigenvalue weighted by molar-refractivity contribution is 14.0. The summed E-state index contributed by atoms with van der Waals surface area (Å²) in [6.45, 7) is 7.98. The largest absolute Gasteiger partial charge is 0.467 e. The molecule has 0 unspecified atom stereocenters. The van der Waals surface area contributed by atoms with E-state index in [0.717, 1.165) is 12.2 Å². The van der Waals surface area contributed by atoms with Gasteiger partial charge in [0, 0.05) is 26.0 Å². The minimum absolute atomic E-state index is 0. The molecule has 1 aromatic rings. The number of nitrogens with one attached hydrogen (secondary N) is 2. The zero-order valence-corrected chi connectivity index (χ0v) is 18.5. The van der Waals surface area contributed by atoms with Crippen LogP contribution < -0.4 is 10.6 Å². The van der Waals surface area contributed by atoms with Crippen LogP contribution in [0.2, 0.25) is 0 Å². The van der Waals surface area contributed by atoms with Gasteiger partial charge in [-0.3, -0.25) is 4.99 Å². The molecule has 0 amide bonds. The molecular weight excluding hydrogens is 457 g/mol. The summed E-state index contributed by atoms with van der Waals surface area (Å²) >= 11 is 0. The van der Waals surface area contributed by atoms with E-state index in [1.54, 1.807) is 20.1 Å². The third kappa shape index (κ3) is 9.45. The van der Waals surface area contributed by atoms with Gasteiger partial charge in [-0.25, -0.2) is 8.42 Å². The second-order valence-corrected chi connectivity index (χ2v) is 8.79. The number of nitrogens with zero attached hydrogens (tertiary/aromatic N) is 1. The number of hydrogen-bond donors (Lipinski definition) is 2. The first-order chi connectivity index (χ1) is 11.3. The zero-order chi connectivity index (χ0) is 18.1. The highest BCUT2D eigenvalue weighted by Crippen LogP contribution is 2.15. The Balaban J connectivity index is 0.00000576. The molecule has 1 rings (SSSR count). The van der Waals surface area contributed by atoms with Crippen molar-refractivity contribution in [2.75, 3.05) is 32.5 Å². The van der Waals surface area contributed by atoms with Gasteiger partial charge in [0.1, 0.15) is 12.4 Å². The quantitative estimate of drug-likeness (QED) is 0.228. The van der Waals surface area contributed by atoms with Crippen LogP contribution in [-0.4, -0.2) is 51.6 Å².